The van der Waals surface area contributed by atoms with E-state index in [4.69, 9.17) is 9.47 Å². The van der Waals surface area contributed by atoms with Crippen molar-refractivity contribution in [2.45, 2.75) is 226 Å². The Bertz CT molecular complexity index is 1200. The molecule has 0 aliphatic rings. The molecule has 352 valence electrons. The van der Waals surface area contributed by atoms with E-state index in [2.05, 4.69) is 24.1 Å². The lowest BCUT2D eigenvalue weighted by Crippen LogP contribution is -2.41. The number of hydrogen-bond acceptors (Lipinski definition) is 9. The summed E-state index contributed by atoms with van der Waals surface area (Å²) in [6.07, 6.45) is 34.7. The maximum Gasteiger partial charge on any atom is 0.338 e. The number of likely N-dealkylation sites (N-methyl/N-ethyl adjacent to an activating group) is 2. The predicted molar refractivity (Wildman–Crippen MR) is 252 cm³/mol. The number of hydrogen-bond donors (Lipinski definition) is 1. The molecule has 0 spiro atoms. The Morgan fingerprint density at radius 3 is 1.62 bits per heavy atom. The molecule has 0 aliphatic carbocycles. The molecule has 0 saturated carbocycles. The Balaban J connectivity index is 2.56. The zero-order valence-electron chi connectivity index (χ0n) is 40.1. The number of amides is 1. The number of nitrogens with one attached hydrogen (secondary N) is 1. The normalized spacial score (nSPS) is 11.8. The molecule has 1 aromatic heterocycles. The van der Waals surface area contributed by atoms with Gasteiger partial charge in [0.1, 0.15) is 18.5 Å². The summed E-state index contributed by atoms with van der Waals surface area (Å²) in [6.45, 7) is 8.97. The van der Waals surface area contributed by atoms with Crippen LogP contribution in [0.4, 0.5) is 0 Å². The van der Waals surface area contributed by atoms with Gasteiger partial charge >= 0.3 is 11.9 Å². The molecule has 0 fully saturated rings. The third-order valence-electron chi connectivity index (χ3n) is 11.7. The fourth-order valence-electron chi connectivity index (χ4n) is 7.62. The van der Waals surface area contributed by atoms with Crippen molar-refractivity contribution in [1.29, 1.82) is 0 Å². The maximum atomic E-state index is 13.4. The zero-order chi connectivity index (χ0) is 44.6. The molecular weight excluding hydrogens is 765 g/mol. The van der Waals surface area contributed by atoms with E-state index < -0.39 is 12.1 Å². The molecular formula is C51H92N4O6. The third-order valence-corrected chi connectivity index (χ3v) is 11.7. The minimum atomic E-state index is -0.728. The molecule has 1 aromatic rings. The minimum Gasteiger partial charge on any atom is -0.462 e. The molecule has 1 heterocycles. The first kappa shape index (κ1) is 56.2. The number of carbonyl (C=O) groups excluding carboxylic acids is 4. The van der Waals surface area contributed by atoms with Crippen molar-refractivity contribution < 1.29 is 28.7 Å². The van der Waals surface area contributed by atoms with Gasteiger partial charge in [0.15, 0.2) is 0 Å². The molecule has 0 bridgehead atoms. The number of nitrogens with zero attached hydrogens (tertiary/aromatic N) is 3. The fraction of sp³-hybridized carbons (Fsp3) is 0.824. The number of carbonyl (C=O) groups is 4. The van der Waals surface area contributed by atoms with Gasteiger partial charge < -0.3 is 24.6 Å². The van der Waals surface area contributed by atoms with Crippen molar-refractivity contribution in [3.63, 3.8) is 0 Å². The lowest BCUT2D eigenvalue weighted by Gasteiger charge is -2.23. The first-order valence-electron chi connectivity index (χ1n) is 25.2. The summed E-state index contributed by atoms with van der Waals surface area (Å²) in [5.74, 6) is -0.688. The second-order valence-corrected chi connectivity index (χ2v) is 17.7. The van der Waals surface area contributed by atoms with Crippen LogP contribution in [-0.4, -0.2) is 91.4 Å². The summed E-state index contributed by atoms with van der Waals surface area (Å²) in [5.41, 5.74) is 0.924. The molecule has 0 aliphatic heterocycles. The van der Waals surface area contributed by atoms with Crippen molar-refractivity contribution >= 4 is 23.6 Å². The quantitative estimate of drug-likeness (QED) is 0.0506. The van der Waals surface area contributed by atoms with Crippen molar-refractivity contribution in [2.24, 2.45) is 0 Å². The van der Waals surface area contributed by atoms with Crippen LogP contribution in [0.15, 0.2) is 18.3 Å². The standard InChI is InChI=1S/C51H92N4O6/c1-6-9-11-13-15-17-19-21-23-25-27-29-31-33-47(56)35-36-48(44-60-50(58)34-32-30-28-26-24-22-20-18-16-14-12-10-7-2)61-51(59)45-37-38-53-46(41-45)42-52-43-49(57)55(8-3)40-39-54(4)5/h37-38,41,48,52H,6-36,39-40,42-44H2,1-5H3. The number of ether oxygens (including phenoxy) is 2. The maximum absolute atomic E-state index is 13.4. The Kier molecular flexibility index (Phi) is 36.8. The molecule has 1 N–H and O–H groups in total. The van der Waals surface area contributed by atoms with Crippen molar-refractivity contribution in [3.8, 4) is 0 Å². The van der Waals surface area contributed by atoms with Gasteiger partial charge in [-0.1, -0.05) is 168 Å². The van der Waals surface area contributed by atoms with Crippen molar-refractivity contribution in [3.05, 3.63) is 29.6 Å². The van der Waals surface area contributed by atoms with Gasteiger partial charge in [-0.2, -0.15) is 0 Å². The summed E-state index contributed by atoms with van der Waals surface area (Å²) in [7, 11) is 3.97. The number of unbranched alkanes of at least 4 members (excludes halogenated alkanes) is 24. The first-order valence-corrected chi connectivity index (χ1v) is 25.2. The number of Topliss-reactive ketones (excluding diaryl/α,β-unsaturated/α-hetero) is 1. The second kappa shape index (κ2) is 40.0. The highest BCUT2D eigenvalue weighted by Gasteiger charge is 2.21. The Hall–Kier alpha value is -2.85. The van der Waals surface area contributed by atoms with E-state index >= 15 is 0 Å². The number of ketones is 1. The number of rotatable bonds is 43. The van der Waals surface area contributed by atoms with Crippen LogP contribution in [0.2, 0.25) is 0 Å². The summed E-state index contributed by atoms with van der Waals surface area (Å²) in [6, 6.07) is 3.25. The van der Waals surface area contributed by atoms with Crippen molar-refractivity contribution in [1.82, 2.24) is 20.1 Å². The van der Waals surface area contributed by atoms with Crippen LogP contribution in [0.5, 0.6) is 0 Å². The van der Waals surface area contributed by atoms with Gasteiger partial charge in [0.2, 0.25) is 5.91 Å². The van der Waals surface area contributed by atoms with Crippen LogP contribution in [0.25, 0.3) is 0 Å². The number of pyridine rings is 1. The molecule has 10 nitrogen and oxygen atoms in total. The van der Waals surface area contributed by atoms with Crippen LogP contribution < -0.4 is 5.32 Å². The third kappa shape index (κ3) is 33.4. The van der Waals surface area contributed by atoms with E-state index in [-0.39, 0.29) is 37.2 Å². The molecule has 1 rings (SSSR count). The predicted octanol–water partition coefficient (Wildman–Crippen LogP) is 12.0. The largest absolute Gasteiger partial charge is 0.462 e. The van der Waals surface area contributed by atoms with Crippen LogP contribution in [0.1, 0.15) is 229 Å². The van der Waals surface area contributed by atoms with E-state index in [9.17, 15) is 19.2 Å². The molecule has 61 heavy (non-hydrogen) atoms. The highest BCUT2D eigenvalue weighted by Crippen LogP contribution is 2.17. The van der Waals surface area contributed by atoms with E-state index in [1.807, 2.05) is 30.8 Å². The second-order valence-electron chi connectivity index (χ2n) is 17.7. The Morgan fingerprint density at radius 1 is 0.639 bits per heavy atom. The van der Waals surface area contributed by atoms with E-state index in [1.165, 1.54) is 128 Å². The van der Waals surface area contributed by atoms with Gasteiger partial charge in [-0.3, -0.25) is 19.4 Å². The topological polar surface area (TPSA) is 118 Å². The van der Waals surface area contributed by atoms with Crippen LogP contribution in [0.3, 0.4) is 0 Å². The molecule has 1 atom stereocenters. The zero-order valence-corrected chi connectivity index (χ0v) is 40.1. The molecule has 0 aromatic carbocycles. The number of aromatic nitrogens is 1. The lowest BCUT2D eigenvalue weighted by molar-refractivity contribution is -0.147. The summed E-state index contributed by atoms with van der Waals surface area (Å²) >= 11 is 0. The average Bonchev–Trinajstić information content (AvgIpc) is 3.25. The average molecular weight is 857 g/mol. The van der Waals surface area contributed by atoms with Crippen LogP contribution in [0, 0.1) is 0 Å². The van der Waals surface area contributed by atoms with Gasteiger partial charge in [0.05, 0.1) is 17.8 Å². The first-order chi connectivity index (χ1) is 29.7. The minimum absolute atomic E-state index is 0.00928. The number of esters is 2. The summed E-state index contributed by atoms with van der Waals surface area (Å²) in [5, 5.41) is 3.15. The van der Waals surface area contributed by atoms with Gasteiger partial charge in [-0.05, 0) is 52.4 Å². The van der Waals surface area contributed by atoms with Gasteiger partial charge in [-0.25, -0.2) is 4.79 Å². The van der Waals surface area contributed by atoms with E-state index in [1.54, 1.807) is 18.3 Å². The molecule has 1 amide bonds. The van der Waals surface area contributed by atoms with Crippen LogP contribution in [-0.2, 0) is 30.4 Å². The lowest BCUT2D eigenvalue weighted by atomic mass is 10.0. The SMILES string of the molecule is CCCCCCCCCCCCCCCC(=O)CCC(COC(=O)CCCCCCCCCCCCCCC)OC(=O)c1ccnc(CNCC(=O)N(CC)CCN(C)C)c1. The fourth-order valence-corrected chi connectivity index (χ4v) is 7.62. The van der Waals surface area contributed by atoms with Gasteiger partial charge in [0.25, 0.3) is 0 Å². The molecule has 0 saturated heterocycles. The van der Waals surface area contributed by atoms with Crippen LogP contribution >= 0.6 is 0 Å². The summed E-state index contributed by atoms with van der Waals surface area (Å²) in [4.78, 5) is 60.0. The Labute approximate surface area is 373 Å². The molecule has 1 unspecified atom stereocenters. The molecule has 0 radical (unpaired) electrons. The van der Waals surface area contributed by atoms with E-state index in [0.29, 0.717) is 50.2 Å². The van der Waals surface area contributed by atoms with E-state index in [0.717, 1.165) is 45.1 Å². The van der Waals surface area contributed by atoms with Gasteiger partial charge in [-0.15, -0.1) is 0 Å². The summed E-state index contributed by atoms with van der Waals surface area (Å²) < 4.78 is 11.5. The highest BCUT2D eigenvalue weighted by atomic mass is 16.6. The highest BCUT2D eigenvalue weighted by molar-refractivity contribution is 5.89. The Morgan fingerprint density at radius 2 is 1.13 bits per heavy atom. The molecule has 10 heteroatoms. The van der Waals surface area contributed by atoms with Gasteiger partial charge in [0, 0.05) is 51.6 Å². The van der Waals surface area contributed by atoms with Crippen molar-refractivity contribution in [2.75, 3.05) is 46.9 Å². The smallest absolute Gasteiger partial charge is 0.338 e. The monoisotopic (exact) mass is 857 g/mol.